The van der Waals surface area contributed by atoms with Gasteiger partial charge in [-0.15, -0.1) is 22.0 Å². The third-order valence-corrected chi connectivity index (χ3v) is 5.14. The van der Waals surface area contributed by atoms with Crippen LogP contribution < -0.4 is 0 Å². The quantitative estimate of drug-likeness (QED) is 0.730. The molecule has 2 atom stereocenters. The fourth-order valence-electron chi connectivity index (χ4n) is 2.76. The van der Waals surface area contributed by atoms with Crippen molar-refractivity contribution in [1.82, 2.24) is 0 Å². The molecule has 2 rings (SSSR count). The van der Waals surface area contributed by atoms with Crippen molar-refractivity contribution in [2.45, 2.75) is 49.6 Å². The van der Waals surface area contributed by atoms with Crippen LogP contribution in [0, 0.1) is 5.92 Å². The second-order valence-electron chi connectivity index (χ2n) is 5.05. The summed E-state index contributed by atoms with van der Waals surface area (Å²) in [7, 11) is 1.72. The lowest BCUT2D eigenvalue weighted by atomic mass is 9.84. The molecule has 0 saturated heterocycles. The number of hydrogen-bond acceptors (Lipinski definition) is 7. The van der Waals surface area contributed by atoms with Crippen molar-refractivity contribution in [3.8, 4) is 0 Å². The summed E-state index contributed by atoms with van der Waals surface area (Å²) in [5, 5.41) is 24.5. The average molecular weight is 300 g/mol. The molecular weight excluding hydrogens is 280 g/mol. The van der Waals surface area contributed by atoms with Gasteiger partial charge < -0.3 is 9.84 Å². The number of thioether (sulfide) groups is 1. The Morgan fingerprint density at radius 1 is 1.35 bits per heavy atom. The summed E-state index contributed by atoms with van der Waals surface area (Å²) >= 11 is 1.53. The molecule has 1 aliphatic heterocycles. The molecule has 1 fully saturated rings. The van der Waals surface area contributed by atoms with Crippen LogP contribution in [0.5, 0.6) is 0 Å². The van der Waals surface area contributed by atoms with Gasteiger partial charge in [-0.2, -0.15) is 0 Å². The van der Waals surface area contributed by atoms with Crippen LogP contribution in [0.4, 0.5) is 0 Å². The van der Waals surface area contributed by atoms with Crippen LogP contribution in [0.3, 0.4) is 0 Å². The van der Waals surface area contributed by atoms with Gasteiger partial charge in [0.2, 0.25) is 4.99 Å². The highest BCUT2D eigenvalue weighted by Gasteiger charge is 2.47. The van der Waals surface area contributed by atoms with Gasteiger partial charge >= 0.3 is 5.97 Å². The lowest BCUT2D eigenvalue weighted by Gasteiger charge is -2.37. The number of aliphatic carboxylic acids is 1. The molecule has 0 radical (unpaired) electrons. The zero-order valence-corrected chi connectivity index (χ0v) is 12.4. The smallest absolute Gasteiger partial charge is 0.303 e. The van der Waals surface area contributed by atoms with Crippen LogP contribution in [0.15, 0.2) is 20.7 Å². The Kier molecular flexibility index (Phi) is 5.47. The molecule has 1 N–H and O–H groups in total. The van der Waals surface area contributed by atoms with Crippen molar-refractivity contribution in [2.24, 2.45) is 26.6 Å². The summed E-state index contributed by atoms with van der Waals surface area (Å²) in [5.41, 5.74) is 0. The fourth-order valence-corrected chi connectivity index (χ4v) is 4.02. The van der Waals surface area contributed by atoms with Crippen LogP contribution in [0.25, 0.3) is 0 Å². The predicted molar refractivity (Wildman–Crippen MR) is 74.5 cm³/mol. The van der Waals surface area contributed by atoms with E-state index in [-0.39, 0.29) is 18.4 Å². The van der Waals surface area contributed by atoms with Gasteiger partial charge in [0.15, 0.2) is 0 Å². The Hall–Kier alpha value is -1.02. The molecule has 8 heteroatoms. The fraction of sp³-hybridized carbons (Fsp3) is 0.917. The number of hydrogen-bond donors (Lipinski definition) is 1. The highest BCUT2D eigenvalue weighted by Crippen LogP contribution is 2.47. The van der Waals surface area contributed by atoms with E-state index >= 15 is 0 Å². The second-order valence-corrected chi connectivity index (χ2v) is 6.35. The van der Waals surface area contributed by atoms with E-state index in [0.29, 0.717) is 12.2 Å². The van der Waals surface area contributed by atoms with E-state index < -0.39 is 11.0 Å². The standard InChI is InChI=1S/C12H20N4O3S/c1-19-10-6-3-2-5-9(10)12(13-15-16-14-12)20-8-4-7-11(17)18/h9-10H,2-8H2,1H3,(H,17,18). The first kappa shape index (κ1) is 15.4. The van der Waals surface area contributed by atoms with Crippen molar-refractivity contribution < 1.29 is 14.6 Å². The molecule has 0 spiro atoms. The lowest BCUT2D eigenvalue weighted by Crippen LogP contribution is -2.41. The van der Waals surface area contributed by atoms with Gasteiger partial charge in [-0.1, -0.05) is 12.8 Å². The summed E-state index contributed by atoms with van der Waals surface area (Å²) < 4.78 is 5.57. The van der Waals surface area contributed by atoms with Crippen LogP contribution in [-0.2, 0) is 9.53 Å². The van der Waals surface area contributed by atoms with E-state index in [1.165, 1.54) is 11.8 Å². The van der Waals surface area contributed by atoms with Gasteiger partial charge in [-0.25, -0.2) is 0 Å². The average Bonchev–Trinajstić information content (AvgIpc) is 2.93. The third-order valence-electron chi connectivity index (χ3n) is 3.75. The van der Waals surface area contributed by atoms with Crippen molar-refractivity contribution in [3.63, 3.8) is 0 Å². The predicted octanol–water partition coefficient (Wildman–Crippen LogP) is 3.28. The summed E-state index contributed by atoms with van der Waals surface area (Å²) in [4.78, 5) is 9.85. The highest BCUT2D eigenvalue weighted by atomic mass is 32.2. The van der Waals surface area contributed by atoms with E-state index in [9.17, 15) is 4.79 Å². The number of carboxylic acid groups (broad SMARTS) is 1. The van der Waals surface area contributed by atoms with Crippen LogP contribution in [0.2, 0.25) is 0 Å². The van der Waals surface area contributed by atoms with Gasteiger partial charge in [-0.3, -0.25) is 4.79 Å². The van der Waals surface area contributed by atoms with Crippen LogP contribution >= 0.6 is 11.8 Å². The monoisotopic (exact) mass is 300 g/mol. The van der Waals surface area contributed by atoms with E-state index in [1.807, 2.05) is 0 Å². The molecule has 0 amide bonds. The molecule has 0 aromatic heterocycles. The Bertz CT molecular complexity index is 390. The van der Waals surface area contributed by atoms with Crippen LogP contribution in [-0.4, -0.2) is 35.0 Å². The number of methoxy groups -OCH3 is 1. The molecular formula is C12H20N4O3S. The van der Waals surface area contributed by atoms with E-state index in [1.54, 1.807) is 7.11 Å². The minimum atomic E-state index is -0.776. The van der Waals surface area contributed by atoms with Gasteiger partial charge in [0, 0.05) is 19.4 Å². The lowest BCUT2D eigenvalue weighted by molar-refractivity contribution is -0.137. The topological polar surface area (TPSA) is 96.0 Å². The molecule has 1 heterocycles. The van der Waals surface area contributed by atoms with E-state index in [0.717, 1.165) is 25.7 Å². The first-order valence-corrected chi connectivity index (χ1v) is 7.89. The molecule has 0 aromatic carbocycles. The minimum Gasteiger partial charge on any atom is -0.481 e. The Morgan fingerprint density at radius 2 is 2.05 bits per heavy atom. The summed E-state index contributed by atoms with van der Waals surface area (Å²) in [5.74, 6) is 0.0601. The Balaban J connectivity index is 1.99. The van der Waals surface area contributed by atoms with Crippen molar-refractivity contribution >= 4 is 17.7 Å². The summed E-state index contributed by atoms with van der Waals surface area (Å²) in [6.45, 7) is 0. The molecule has 112 valence electrons. The van der Waals surface area contributed by atoms with Crippen LogP contribution in [0.1, 0.15) is 38.5 Å². The molecule has 0 aromatic rings. The number of rotatable bonds is 7. The third kappa shape index (κ3) is 3.54. The van der Waals surface area contributed by atoms with Gasteiger partial charge in [0.25, 0.3) is 0 Å². The molecule has 2 unspecified atom stereocenters. The second kappa shape index (κ2) is 7.12. The molecule has 20 heavy (non-hydrogen) atoms. The number of ether oxygens (including phenoxy) is 1. The SMILES string of the molecule is COC1CCCCC1C1(SCCCC(=O)O)N=NN=N1. The zero-order chi connectivity index (χ0) is 14.4. The molecule has 1 aliphatic carbocycles. The normalized spacial score (nSPS) is 27.9. The number of carboxylic acids is 1. The first-order chi connectivity index (χ1) is 9.68. The number of nitrogens with zero attached hydrogens (tertiary/aromatic N) is 4. The molecule has 2 aliphatic rings. The first-order valence-electron chi connectivity index (χ1n) is 6.90. The summed E-state index contributed by atoms with van der Waals surface area (Å²) in [6, 6.07) is 0. The molecule has 1 saturated carbocycles. The molecule has 0 bridgehead atoms. The largest absolute Gasteiger partial charge is 0.481 e. The van der Waals surface area contributed by atoms with E-state index in [4.69, 9.17) is 9.84 Å². The summed E-state index contributed by atoms with van der Waals surface area (Å²) in [6.07, 6.45) is 5.15. The van der Waals surface area contributed by atoms with Gasteiger partial charge in [0.05, 0.1) is 6.10 Å². The Morgan fingerprint density at radius 3 is 2.70 bits per heavy atom. The maximum Gasteiger partial charge on any atom is 0.303 e. The zero-order valence-electron chi connectivity index (χ0n) is 11.6. The van der Waals surface area contributed by atoms with Gasteiger partial charge in [0.1, 0.15) is 0 Å². The van der Waals surface area contributed by atoms with E-state index in [2.05, 4.69) is 20.7 Å². The number of carbonyl (C=O) groups is 1. The minimum absolute atomic E-state index is 0.117. The molecule has 7 nitrogen and oxygen atoms in total. The van der Waals surface area contributed by atoms with Crippen molar-refractivity contribution in [2.75, 3.05) is 12.9 Å². The maximum absolute atomic E-state index is 10.6. The van der Waals surface area contributed by atoms with Crippen molar-refractivity contribution in [1.29, 1.82) is 0 Å². The Labute approximate surface area is 122 Å². The van der Waals surface area contributed by atoms with Crippen molar-refractivity contribution in [3.05, 3.63) is 0 Å². The van der Waals surface area contributed by atoms with Gasteiger partial charge in [-0.05, 0) is 35.5 Å². The highest BCUT2D eigenvalue weighted by molar-refractivity contribution is 8.00. The maximum atomic E-state index is 10.6.